The summed E-state index contributed by atoms with van der Waals surface area (Å²) in [6.45, 7) is 3.40. The first kappa shape index (κ1) is 14.2. The van der Waals surface area contributed by atoms with Crippen molar-refractivity contribution in [3.63, 3.8) is 0 Å². The number of benzene rings is 1. The summed E-state index contributed by atoms with van der Waals surface area (Å²) in [5.41, 5.74) is 1.06. The smallest absolute Gasteiger partial charge is 0.119 e. The number of rotatable bonds is 6. The van der Waals surface area contributed by atoms with Crippen LogP contribution in [0.4, 0.5) is 0 Å². The maximum Gasteiger partial charge on any atom is 0.119 e. The first-order valence-corrected chi connectivity index (χ1v) is 6.97. The van der Waals surface area contributed by atoms with Crippen LogP contribution in [-0.4, -0.2) is 25.7 Å². The summed E-state index contributed by atoms with van der Waals surface area (Å²) in [5, 5.41) is 11.1. The molecule has 1 aliphatic rings. The molecule has 0 aromatic heterocycles. The van der Waals surface area contributed by atoms with E-state index in [9.17, 15) is 9.90 Å². The Kier molecular flexibility index (Phi) is 5.05. The molecule has 5 heteroatoms. The van der Waals surface area contributed by atoms with E-state index in [1.165, 1.54) is 30.8 Å². The Morgan fingerprint density at radius 1 is 1.37 bits per heavy atom. The van der Waals surface area contributed by atoms with Gasteiger partial charge in [-0.25, -0.2) is 0 Å². The van der Waals surface area contributed by atoms with Crippen molar-refractivity contribution in [3.05, 3.63) is 28.8 Å². The highest BCUT2D eigenvalue weighted by molar-refractivity contribution is 6.31. The molecular weight excluding hydrogens is 266 g/mol. The number of nitrogens with one attached hydrogen (secondary N) is 1. The Balaban J connectivity index is 1.95. The third-order valence-corrected chi connectivity index (χ3v) is 3.71. The normalized spacial score (nSPS) is 15.6. The summed E-state index contributed by atoms with van der Waals surface area (Å²) >= 11 is 6.19. The molecule has 0 saturated carbocycles. The highest BCUT2D eigenvalue weighted by atomic mass is 35.5. The Bertz CT molecular complexity index is 444. The Morgan fingerprint density at radius 2 is 2.11 bits per heavy atom. The van der Waals surface area contributed by atoms with Crippen LogP contribution in [0, 0.1) is 0 Å². The third kappa shape index (κ3) is 4.40. The van der Waals surface area contributed by atoms with E-state index in [1.807, 2.05) is 6.07 Å². The number of likely N-dealkylation sites (tertiary alicyclic amines) is 1. The molecule has 0 bridgehead atoms. The second-order valence-electron chi connectivity index (χ2n) is 4.86. The molecule has 1 aromatic rings. The van der Waals surface area contributed by atoms with Crippen molar-refractivity contribution in [2.24, 2.45) is 0 Å². The van der Waals surface area contributed by atoms with Gasteiger partial charge in [0.1, 0.15) is 12.3 Å². The van der Waals surface area contributed by atoms with E-state index in [1.54, 1.807) is 12.1 Å². The highest BCUT2D eigenvalue weighted by Crippen LogP contribution is 2.21. The monoisotopic (exact) mass is 283 g/mol. The van der Waals surface area contributed by atoms with Gasteiger partial charge in [-0.15, -0.1) is 0 Å². The number of quaternary nitrogens is 1. The first-order chi connectivity index (χ1) is 9.15. The first-order valence-electron chi connectivity index (χ1n) is 6.60. The van der Waals surface area contributed by atoms with Crippen molar-refractivity contribution in [2.75, 3.05) is 19.7 Å². The van der Waals surface area contributed by atoms with Gasteiger partial charge in [0, 0.05) is 35.8 Å². The van der Waals surface area contributed by atoms with Crippen LogP contribution in [0.5, 0.6) is 5.75 Å². The van der Waals surface area contributed by atoms with Gasteiger partial charge in [-0.3, -0.25) is 0 Å². The summed E-state index contributed by atoms with van der Waals surface area (Å²) in [5.74, 6) is -0.435. The molecule has 1 saturated heterocycles. The predicted octanol–water partition coefficient (Wildman–Crippen LogP) is 0.0375. The molecule has 0 amide bonds. The van der Waals surface area contributed by atoms with E-state index in [-0.39, 0.29) is 13.0 Å². The molecule has 2 rings (SSSR count). The summed E-state index contributed by atoms with van der Waals surface area (Å²) in [6.07, 6.45) is 2.44. The van der Waals surface area contributed by atoms with Crippen molar-refractivity contribution in [2.45, 2.75) is 25.8 Å². The lowest BCUT2D eigenvalue weighted by molar-refractivity contribution is -0.901. The molecule has 1 heterocycles. The van der Waals surface area contributed by atoms with Crippen molar-refractivity contribution < 1.29 is 19.5 Å². The summed E-state index contributed by atoms with van der Waals surface area (Å²) in [6, 6.07) is 5.48. The fourth-order valence-corrected chi connectivity index (χ4v) is 2.53. The van der Waals surface area contributed by atoms with E-state index in [2.05, 4.69) is 0 Å². The van der Waals surface area contributed by atoms with Gasteiger partial charge in [0.05, 0.1) is 19.7 Å². The van der Waals surface area contributed by atoms with Crippen molar-refractivity contribution in [3.8, 4) is 5.75 Å². The number of aliphatic carboxylic acids is 1. The van der Waals surface area contributed by atoms with Gasteiger partial charge in [0.2, 0.25) is 0 Å². The lowest BCUT2D eigenvalue weighted by Crippen LogP contribution is -3.08. The number of hydrogen-bond donors (Lipinski definition) is 1. The third-order valence-electron chi connectivity index (χ3n) is 3.34. The molecule has 0 radical (unpaired) electrons. The Morgan fingerprint density at radius 3 is 2.79 bits per heavy atom. The van der Waals surface area contributed by atoms with Crippen LogP contribution in [0.1, 0.15) is 24.8 Å². The van der Waals surface area contributed by atoms with Crippen molar-refractivity contribution >= 4 is 17.6 Å². The number of ether oxygens (including phenoxy) is 1. The van der Waals surface area contributed by atoms with Crippen molar-refractivity contribution in [1.29, 1.82) is 0 Å². The molecule has 0 unspecified atom stereocenters. The van der Waals surface area contributed by atoms with Crippen LogP contribution in [-0.2, 0) is 11.3 Å². The largest absolute Gasteiger partial charge is 0.550 e. The summed E-state index contributed by atoms with van der Waals surface area (Å²) in [7, 11) is 0. The average molecular weight is 284 g/mol. The minimum Gasteiger partial charge on any atom is -0.550 e. The van der Waals surface area contributed by atoms with E-state index >= 15 is 0 Å². The van der Waals surface area contributed by atoms with Gasteiger partial charge < -0.3 is 19.5 Å². The van der Waals surface area contributed by atoms with Crippen LogP contribution in [0.15, 0.2) is 18.2 Å². The van der Waals surface area contributed by atoms with Gasteiger partial charge in [0.25, 0.3) is 0 Å². The highest BCUT2D eigenvalue weighted by Gasteiger charge is 2.17. The molecule has 0 aliphatic carbocycles. The topological polar surface area (TPSA) is 53.8 Å². The van der Waals surface area contributed by atoms with E-state index in [4.69, 9.17) is 16.3 Å². The summed E-state index contributed by atoms with van der Waals surface area (Å²) < 4.78 is 5.39. The number of halogens is 1. The summed E-state index contributed by atoms with van der Waals surface area (Å²) in [4.78, 5) is 11.9. The van der Waals surface area contributed by atoms with Gasteiger partial charge in [0.15, 0.2) is 0 Å². The van der Waals surface area contributed by atoms with Gasteiger partial charge in [-0.2, -0.15) is 0 Å². The fourth-order valence-electron chi connectivity index (χ4n) is 2.35. The Hall–Kier alpha value is -1.26. The molecule has 1 N–H and O–H groups in total. The van der Waals surface area contributed by atoms with Crippen LogP contribution >= 0.6 is 11.6 Å². The van der Waals surface area contributed by atoms with Gasteiger partial charge >= 0.3 is 0 Å². The molecular formula is C14H18ClNO3. The van der Waals surface area contributed by atoms with Crippen LogP contribution in [0.2, 0.25) is 5.02 Å². The van der Waals surface area contributed by atoms with Crippen LogP contribution in [0.3, 0.4) is 0 Å². The molecule has 0 spiro atoms. The molecule has 4 nitrogen and oxygen atoms in total. The molecule has 1 aliphatic heterocycles. The standard InChI is InChI=1S/C14H18ClNO3/c15-13-4-3-12(19-8-5-14(17)18)9-11(13)10-16-6-1-2-7-16/h3-4,9H,1-2,5-8,10H2,(H,17,18). The van der Waals surface area contributed by atoms with E-state index in [0.29, 0.717) is 5.75 Å². The van der Waals surface area contributed by atoms with Gasteiger partial charge in [-0.05, 0) is 18.2 Å². The van der Waals surface area contributed by atoms with Crippen LogP contribution < -0.4 is 14.7 Å². The van der Waals surface area contributed by atoms with Crippen molar-refractivity contribution in [1.82, 2.24) is 0 Å². The molecule has 0 atom stereocenters. The fraction of sp³-hybridized carbons (Fsp3) is 0.500. The molecule has 1 aromatic carbocycles. The second kappa shape index (κ2) is 6.78. The van der Waals surface area contributed by atoms with E-state index < -0.39 is 5.97 Å². The number of carbonyl (C=O) groups is 1. The maximum atomic E-state index is 10.3. The zero-order chi connectivity index (χ0) is 13.7. The van der Waals surface area contributed by atoms with Gasteiger partial charge in [-0.1, -0.05) is 11.6 Å². The average Bonchev–Trinajstić information content (AvgIpc) is 2.85. The van der Waals surface area contributed by atoms with E-state index in [0.717, 1.165) is 17.1 Å². The quantitative estimate of drug-likeness (QED) is 0.802. The lowest BCUT2D eigenvalue weighted by Gasteiger charge is -2.14. The minimum absolute atomic E-state index is 0.102. The minimum atomic E-state index is -1.10. The zero-order valence-electron chi connectivity index (χ0n) is 10.8. The Labute approximate surface area is 117 Å². The second-order valence-corrected chi connectivity index (χ2v) is 5.26. The number of hydrogen-bond acceptors (Lipinski definition) is 3. The molecule has 1 fully saturated rings. The molecule has 19 heavy (non-hydrogen) atoms. The zero-order valence-corrected chi connectivity index (χ0v) is 11.5. The number of carboxylic acid groups (broad SMARTS) is 1. The number of carboxylic acids is 1. The SMILES string of the molecule is O=C([O-])CCOc1ccc(Cl)c(C[NH+]2CCCC2)c1. The van der Waals surface area contributed by atoms with Crippen LogP contribution in [0.25, 0.3) is 0 Å². The molecule has 104 valence electrons. The maximum absolute atomic E-state index is 10.3. The predicted molar refractivity (Wildman–Crippen MR) is 70.2 cm³/mol. The number of carbonyl (C=O) groups excluding carboxylic acids is 1. The lowest BCUT2D eigenvalue weighted by atomic mass is 10.2.